The number of nitrogens with one attached hydrogen (secondary N) is 1. The molecule has 2 aliphatic heterocycles. The van der Waals surface area contributed by atoms with Crippen molar-refractivity contribution in [1.29, 1.82) is 0 Å². The first-order valence-electron chi connectivity index (χ1n) is 9.03. The number of amidine groups is 1. The first kappa shape index (κ1) is 20.2. The summed E-state index contributed by atoms with van der Waals surface area (Å²) in [5, 5.41) is 7.69. The minimum atomic E-state index is -3.01. The summed E-state index contributed by atoms with van der Waals surface area (Å²) < 4.78 is 25.5. The van der Waals surface area contributed by atoms with E-state index in [2.05, 4.69) is 15.4 Å². The summed E-state index contributed by atoms with van der Waals surface area (Å²) in [7, 11) is -3.01. The molecule has 1 atom stereocenters. The van der Waals surface area contributed by atoms with Crippen LogP contribution < -0.4 is 5.32 Å². The van der Waals surface area contributed by atoms with Gasteiger partial charge in [0.1, 0.15) is 5.84 Å². The van der Waals surface area contributed by atoms with Crippen molar-refractivity contribution in [1.82, 2.24) is 15.1 Å². The number of amides is 1. The second-order valence-electron chi connectivity index (χ2n) is 7.05. The fourth-order valence-corrected chi connectivity index (χ4v) is 6.12. The lowest BCUT2D eigenvalue weighted by molar-refractivity contribution is 0.265. The molecule has 0 spiro atoms. The lowest BCUT2D eigenvalue weighted by Crippen LogP contribution is -2.18. The lowest BCUT2D eigenvalue weighted by atomic mass is 10.1. The van der Waals surface area contributed by atoms with Crippen LogP contribution in [0.5, 0.6) is 0 Å². The summed E-state index contributed by atoms with van der Waals surface area (Å²) in [6.07, 6.45) is 2.44. The predicted molar refractivity (Wildman–Crippen MR) is 117 cm³/mol. The van der Waals surface area contributed by atoms with Gasteiger partial charge in [-0.25, -0.2) is 13.4 Å². The summed E-state index contributed by atoms with van der Waals surface area (Å²) in [4.78, 5) is 17.2. The number of halogens is 1. The number of hydrogen-bond acceptors (Lipinski definition) is 6. The molecule has 1 amide bonds. The van der Waals surface area contributed by atoms with Crippen LogP contribution in [0.1, 0.15) is 29.4 Å². The average Bonchev–Trinajstić information content (AvgIpc) is 3.26. The molecule has 0 unspecified atom stereocenters. The van der Waals surface area contributed by atoms with Crippen LogP contribution in [0.3, 0.4) is 0 Å². The summed E-state index contributed by atoms with van der Waals surface area (Å²) >= 11 is 7.09. The molecule has 1 aromatic carbocycles. The number of benzene rings is 1. The number of aryl methyl sites for hydroxylation is 1. The van der Waals surface area contributed by atoms with E-state index in [-0.39, 0.29) is 22.8 Å². The fourth-order valence-electron chi connectivity index (χ4n) is 3.53. The summed E-state index contributed by atoms with van der Waals surface area (Å²) in [5.41, 5.74) is 3.16. The van der Waals surface area contributed by atoms with Crippen LogP contribution in [0.25, 0.3) is 6.08 Å². The third kappa shape index (κ3) is 4.26. The van der Waals surface area contributed by atoms with E-state index in [9.17, 15) is 13.2 Å². The van der Waals surface area contributed by atoms with Gasteiger partial charge in [-0.2, -0.15) is 5.10 Å². The molecule has 0 radical (unpaired) electrons. The topological polar surface area (TPSA) is 93.4 Å². The molecule has 0 bridgehead atoms. The molecule has 0 saturated carbocycles. The first-order valence-corrected chi connectivity index (χ1v) is 12.0. The van der Waals surface area contributed by atoms with Gasteiger partial charge in [0.05, 0.1) is 33.8 Å². The number of hydrogen-bond donors (Lipinski definition) is 1. The molecule has 3 heterocycles. The third-order valence-electron chi connectivity index (χ3n) is 4.92. The average molecular weight is 451 g/mol. The van der Waals surface area contributed by atoms with E-state index in [1.165, 1.54) is 0 Å². The van der Waals surface area contributed by atoms with Crippen molar-refractivity contribution in [2.75, 3.05) is 11.5 Å². The van der Waals surface area contributed by atoms with Gasteiger partial charge in [0.2, 0.25) is 0 Å². The van der Waals surface area contributed by atoms with Crippen LogP contribution in [0.15, 0.2) is 34.2 Å². The second-order valence-corrected chi connectivity index (χ2v) is 10.7. The van der Waals surface area contributed by atoms with Gasteiger partial charge < -0.3 is 5.32 Å². The van der Waals surface area contributed by atoms with Crippen molar-refractivity contribution in [2.45, 2.75) is 26.3 Å². The molecule has 10 heteroatoms. The summed E-state index contributed by atoms with van der Waals surface area (Å²) in [6.45, 7) is 3.79. The minimum absolute atomic E-state index is 0.112. The number of carbonyl (C=O) groups excluding carboxylic acids is 1. The van der Waals surface area contributed by atoms with Crippen molar-refractivity contribution >= 4 is 56.0 Å². The Hall–Kier alpha value is -2.10. The molecule has 0 aliphatic carbocycles. The minimum Gasteiger partial charge on any atom is -0.300 e. The highest BCUT2D eigenvalue weighted by Gasteiger charge is 2.32. The molecule has 1 aromatic heterocycles. The Kier molecular flexibility index (Phi) is 5.30. The zero-order chi connectivity index (χ0) is 20.8. The van der Waals surface area contributed by atoms with Crippen molar-refractivity contribution in [3.8, 4) is 0 Å². The van der Waals surface area contributed by atoms with Gasteiger partial charge in [-0.05, 0) is 56.3 Å². The zero-order valence-electron chi connectivity index (χ0n) is 15.8. The molecule has 152 valence electrons. The first-order chi connectivity index (χ1) is 13.7. The van der Waals surface area contributed by atoms with Gasteiger partial charge >= 0.3 is 0 Å². The highest BCUT2D eigenvalue weighted by atomic mass is 35.5. The maximum atomic E-state index is 12.0. The molecule has 2 saturated heterocycles. The Balaban J connectivity index is 1.70. The number of nitrogens with zero attached hydrogens (tertiary/aromatic N) is 3. The molecule has 29 heavy (non-hydrogen) atoms. The predicted octanol–water partition coefficient (Wildman–Crippen LogP) is 4.04. The number of sulfone groups is 1. The molecule has 2 aliphatic rings. The fraction of sp³-hybridized carbons (Fsp3) is 0.316. The lowest BCUT2D eigenvalue weighted by Gasteiger charge is -2.11. The summed E-state index contributed by atoms with van der Waals surface area (Å²) in [5.74, 6) is 0.760. The number of carbonyl (C=O) groups is 1. The molecular formula is C19H19ClN4O3S2. The Morgan fingerprint density at radius 3 is 2.86 bits per heavy atom. The standard InChI is InChI=1S/C19H19ClN4O3S2/c1-11-16(12(2)24(23-11)15-6-7-29(26,27)10-15)9-17-18(22-19(25)28-17)21-14-5-3-4-13(20)8-14/h3-5,8-9,15H,6-7,10H2,1-2H3,(H,21,22,25)/b17-9-/t15-/m1/s1. The maximum Gasteiger partial charge on any atom is 0.289 e. The normalized spacial score (nSPS) is 23.8. The zero-order valence-corrected chi connectivity index (χ0v) is 18.2. The monoisotopic (exact) mass is 450 g/mol. The van der Waals surface area contributed by atoms with E-state index < -0.39 is 9.84 Å². The van der Waals surface area contributed by atoms with Gasteiger partial charge in [0, 0.05) is 16.3 Å². The molecule has 1 N–H and O–H groups in total. The van der Waals surface area contributed by atoms with Crippen molar-refractivity contribution in [3.63, 3.8) is 0 Å². The van der Waals surface area contributed by atoms with Gasteiger partial charge in [-0.15, -0.1) is 0 Å². The van der Waals surface area contributed by atoms with E-state index in [4.69, 9.17) is 11.6 Å². The van der Waals surface area contributed by atoms with Crippen LogP contribution in [0.2, 0.25) is 5.02 Å². The molecule has 4 rings (SSSR count). The highest BCUT2D eigenvalue weighted by Crippen LogP contribution is 2.32. The van der Waals surface area contributed by atoms with E-state index in [1.807, 2.05) is 19.9 Å². The van der Waals surface area contributed by atoms with Gasteiger partial charge in [-0.1, -0.05) is 17.7 Å². The van der Waals surface area contributed by atoms with Gasteiger partial charge in [0.25, 0.3) is 5.24 Å². The Morgan fingerprint density at radius 1 is 1.38 bits per heavy atom. The van der Waals surface area contributed by atoms with E-state index >= 15 is 0 Å². The van der Waals surface area contributed by atoms with Crippen LogP contribution in [-0.2, 0) is 9.84 Å². The van der Waals surface area contributed by atoms with Crippen LogP contribution in [0.4, 0.5) is 10.5 Å². The number of thioether (sulfide) groups is 1. The molecule has 7 nitrogen and oxygen atoms in total. The van der Waals surface area contributed by atoms with E-state index in [0.717, 1.165) is 28.7 Å². The Bertz CT molecular complexity index is 1170. The van der Waals surface area contributed by atoms with Crippen molar-refractivity contribution in [2.24, 2.45) is 4.99 Å². The molecular weight excluding hydrogens is 432 g/mol. The summed E-state index contributed by atoms with van der Waals surface area (Å²) in [6, 6.07) is 6.93. The van der Waals surface area contributed by atoms with Crippen LogP contribution >= 0.6 is 23.4 Å². The molecule has 2 fully saturated rings. The van der Waals surface area contributed by atoms with Gasteiger partial charge in [0.15, 0.2) is 9.84 Å². The van der Waals surface area contributed by atoms with Crippen LogP contribution in [-0.4, -0.2) is 40.8 Å². The highest BCUT2D eigenvalue weighted by molar-refractivity contribution is 8.18. The number of aromatic nitrogens is 2. The third-order valence-corrected chi connectivity index (χ3v) is 7.72. The van der Waals surface area contributed by atoms with Crippen molar-refractivity contribution in [3.05, 3.63) is 51.1 Å². The molecule has 2 aromatic rings. The quantitative estimate of drug-likeness (QED) is 0.761. The van der Waals surface area contributed by atoms with Gasteiger partial charge in [-0.3, -0.25) is 9.48 Å². The largest absolute Gasteiger partial charge is 0.300 e. The van der Waals surface area contributed by atoms with Crippen LogP contribution in [0, 0.1) is 13.8 Å². The Labute approximate surface area is 178 Å². The SMILES string of the molecule is Cc1nn([C@@H]2CCS(=O)(=O)C2)c(C)c1/C=C1\SC(=O)NC1=Nc1cccc(Cl)c1. The van der Waals surface area contributed by atoms with Crippen molar-refractivity contribution < 1.29 is 13.2 Å². The Morgan fingerprint density at radius 2 is 2.17 bits per heavy atom. The van der Waals surface area contributed by atoms with E-state index in [0.29, 0.717) is 27.9 Å². The smallest absolute Gasteiger partial charge is 0.289 e. The second kappa shape index (κ2) is 7.62. The number of rotatable bonds is 3. The number of aliphatic imine (C=N–C) groups is 1. The van der Waals surface area contributed by atoms with E-state index in [1.54, 1.807) is 28.9 Å². The maximum absolute atomic E-state index is 12.0.